The molecule has 1 saturated heterocycles. The van der Waals surface area contributed by atoms with Crippen molar-refractivity contribution in [2.75, 3.05) is 13.2 Å². The van der Waals surface area contributed by atoms with Crippen molar-refractivity contribution in [3.05, 3.63) is 35.9 Å². The highest BCUT2D eigenvalue weighted by molar-refractivity contribution is 5.90. The van der Waals surface area contributed by atoms with E-state index in [-0.39, 0.29) is 18.8 Å². The van der Waals surface area contributed by atoms with Gasteiger partial charge in [0.25, 0.3) is 0 Å². The maximum Gasteiger partial charge on any atom is 0.381 e. The average molecular weight is 358 g/mol. The second-order valence-corrected chi connectivity index (χ2v) is 5.90. The molecule has 0 unspecified atom stereocenters. The number of alkyl halides is 2. The Kier molecular flexibility index (Phi) is 5.74. The summed E-state index contributed by atoms with van der Waals surface area (Å²) in [5.74, 6) is -8.00. The summed E-state index contributed by atoms with van der Waals surface area (Å²) in [4.78, 5) is 23.9. The number of carbonyl (C=O) groups is 2. The molecule has 1 aromatic carbocycles. The summed E-state index contributed by atoms with van der Waals surface area (Å²) in [6.07, 6.45) is -3.50. The molecule has 0 aromatic heterocycles. The predicted octanol–water partition coefficient (Wildman–Crippen LogP) is 2.56. The molecule has 0 aliphatic carbocycles. The van der Waals surface area contributed by atoms with Crippen molar-refractivity contribution in [3.63, 3.8) is 0 Å². The smallest absolute Gasteiger partial charge is 0.381 e. The van der Waals surface area contributed by atoms with Gasteiger partial charge in [-0.2, -0.15) is 8.78 Å². The molecule has 1 aromatic rings. The molecule has 0 N–H and O–H groups in total. The number of hydrogen-bond acceptors (Lipinski definition) is 6. The van der Waals surface area contributed by atoms with Crippen LogP contribution in [0.1, 0.15) is 31.1 Å². The van der Waals surface area contributed by atoms with E-state index in [1.165, 1.54) is 32.9 Å². The highest BCUT2D eigenvalue weighted by Crippen LogP contribution is 2.34. The largest absolute Gasteiger partial charge is 0.461 e. The molecule has 0 saturated carbocycles. The van der Waals surface area contributed by atoms with Crippen LogP contribution in [0.25, 0.3) is 0 Å². The number of rotatable bonds is 6. The summed E-state index contributed by atoms with van der Waals surface area (Å²) >= 11 is 0. The minimum atomic E-state index is -4.09. The van der Waals surface area contributed by atoms with E-state index in [1.54, 1.807) is 18.2 Å². The lowest BCUT2D eigenvalue weighted by Crippen LogP contribution is -2.52. The molecule has 0 spiro atoms. The van der Waals surface area contributed by atoms with Gasteiger partial charge in [0, 0.05) is 0 Å². The van der Waals surface area contributed by atoms with Crippen molar-refractivity contribution >= 4 is 11.9 Å². The van der Waals surface area contributed by atoms with Crippen molar-refractivity contribution in [2.24, 2.45) is 0 Å². The lowest BCUT2D eigenvalue weighted by Gasteiger charge is -2.29. The van der Waals surface area contributed by atoms with E-state index in [9.17, 15) is 18.4 Å². The van der Waals surface area contributed by atoms with Crippen LogP contribution in [0.5, 0.6) is 0 Å². The van der Waals surface area contributed by atoms with Crippen LogP contribution in [0.3, 0.4) is 0 Å². The third-order valence-electron chi connectivity index (χ3n) is 3.52. The standard InChI is InChI=1S/C17H20F2O6/c1-4-22-15(21)17(18,19)13(12-10-23-16(2,3)25-12)24-14(20)11-8-6-5-7-9-11/h5-9,12-13H,4,10H2,1-3H3/t12-,13-/m1/s1. The second-order valence-electron chi connectivity index (χ2n) is 5.90. The zero-order chi connectivity index (χ0) is 18.7. The Labute approximate surface area is 144 Å². The molecule has 2 rings (SSSR count). The number of carbonyl (C=O) groups excluding carboxylic acids is 2. The molecule has 1 aliphatic heterocycles. The van der Waals surface area contributed by atoms with Crippen LogP contribution in [0.4, 0.5) is 8.78 Å². The van der Waals surface area contributed by atoms with Crippen molar-refractivity contribution in [1.29, 1.82) is 0 Å². The molecule has 0 radical (unpaired) electrons. The lowest BCUT2D eigenvalue weighted by atomic mass is 10.1. The van der Waals surface area contributed by atoms with E-state index in [2.05, 4.69) is 4.74 Å². The fourth-order valence-electron chi connectivity index (χ4n) is 2.35. The molecular weight excluding hydrogens is 338 g/mol. The molecule has 0 amide bonds. The maximum atomic E-state index is 14.6. The van der Waals surface area contributed by atoms with Gasteiger partial charge in [0.15, 0.2) is 5.79 Å². The molecule has 0 bridgehead atoms. The SMILES string of the molecule is CCOC(=O)C(F)(F)[C@H](OC(=O)c1ccccc1)[C@H]1COC(C)(C)O1. The van der Waals surface area contributed by atoms with Gasteiger partial charge in [-0.25, -0.2) is 9.59 Å². The Bertz CT molecular complexity index is 617. The monoisotopic (exact) mass is 358 g/mol. The van der Waals surface area contributed by atoms with Gasteiger partial charge in [-0.3, -0.25) is 0 Å². The summed E-state index contributed by atoms with van der Waals surface area (Å²) in [5.41, 5.74) is 0.0744. The van der Waals surface area contributed by atoms with Gasteiger partial charge in [0.1, 0.15) is 6.10 Å². The van der Waals surface area contributed by atoms with Crippen molar-refractivity contribution in [1.82, 2.24) is 0 Å². The van der Waals surface area contributed by atoms with E-state index in [4.69, 9.17) is 14.2 Å². The molecular formula is C17H20F2O6. The first-order valence-corrected chi connectivity index (χ1v) is 7.80. The summed E-state index contributed by atoms with van der Waals surface area (Å²) < 4.78 is 49.1. The van der Waals surface area contributed by atoms with Crippen molar-refractivity contribution in [2.45, 2.75) is 44.7 Å². The molecule has 138 valence electrons. The highest BCUT2D eigenvalue weighted by Gasteiger charge is 2.58. The maximum absolute atomic E-state index is 14.6. The van der Waals surface area contributed by atoms with E-state index in [0.717, 1.165) is 0 Å². The van der Waals surface area contributed by atoms with E-state index in [1.807, 2.05) is 0 Å². The summed E-state index contributed by atoms with van der Waals surface area (Å²) in [7, 11) is 0. The van der Waals surface area contributed by atoms with Gasteiger partial charge in [0.2, 0.25) is 6.10 Å². The van der Waals surface area contributed by atoms with Crippen LogP contribution in [0, 0.1) is 0 Å². The van der Waals surface area contributed by atoms with Gasteiger partial charge in [0.05, 0.1) is 18.8 Å². The molecule has 1 heterocycles. The third kappa shape index (κ3) is 4.52. The lowest BCUT2D eigenvalue weighted by molar-refractivity contribution is -0.210. The first-order chi connectivity index (χ1) is 11.7. The van der Waals surface area contributed by atoms with Crippen molar-refractivity contribution < 1.29 is 37.3 Å². The van der Waals surface area contributed by atoms with Gasteiger partial charge < -0.3 is 18.9 Å². The van der Waals surface area contributed by atoms with E-state index in [0.29, 0.717) is 0 Å². The van der Waals surface area contributed by atoms with Crippen molar-refractivity contribution in [3.8, 4) is 0 Å². The van der Waals surface area contributed by atoms with E-state index < -0.39 is 35.9 Å². The van der Waals surface area contributed by atoms with Gasteiger partial charge in [-0.05, 0) is 32.9 Å². The van der Waals surface area contributed by atoms with Crippen LogP contribution < -0.4 is 0 Å². The topological polar surface area (TPSA) is 71.1 Å². The summed E-state index contributed by atoms with van der Waals surface area (Å²) in [5, 5.41) is 0. The minimum absolute atomic E-state index is 0.0744. The molecule has 6 nitrogen and oxygen atoms in total. The minimum Gasteiger partial charge on any atom is -0.461 e. The Balaban J connectivity index is 2.26. The third-order valence-corrected chi connectivity index (χ3v) is 3.52. The summed E-state index contributed by atoms with van der Waals surface area (Å²) in [6.45, 7) is 3.98. The fourth-order valence-corrected chi connectivity index (χ4v) is 2.35. The normalized spacial score (nSPS) is 20.8. The zero-order valence-electron chi connectivity index (χ0n) is 14.2. The first-order valence-electron chi connectivity index (χ1n) is 7.80. The average Bonchev–Trinajstić information content (AvgIpc) is 2.92. The Morgan fingerprint density at radius 3 is 2.48 bits per heavy atom. The van der Waals surface area contributed by atoms with Crippen LogP contribution in [-0.4, -0.2) is 49.1 Å². The van der Waals surface area contributed by atoms with Gasteiger partial charge in [-0.15, -0.1) is 0 Å². The van der Waals surface area contributed by atoms with Gasteiger partial charge >= 0.3 is 17.9 Å². The Morgan fingerprint density at radius 1 is 1.32 bits per heavy atom. The summed E-state index contributed by atoms with van der Waals surface area (Å²) in [6, 6.07) is 7.62. The number of esters is 2. The Morgan fingerprint density at radius 2 is 1.96 bits per heavy atom. The predicted molar refractivity (Wildman–Crippen MR) is 82.1 cm³/mol. The number of halogens is 2. The quantitative estimate of drug-likeness (QED) is 0.728. The molecule has 2 atom stereocenters. The fraction of sp³-hybridized carbons (Fsp3) is 0.529. The zero-order valence-corrected chi connectivity index (χ0v) is 14.2. The van der Waals surface area contributed by atoms with Crippen LogP contribution >= 0.6 is 0 Å². The number of benzene rings is 1. The molecule has 25 heavy (non-hydrogen) atoms. The van der Waals surface area contributed by atoms with Crippen LogP contribution in [0.2, 0.25) is 0 Å². The molecule has 8 heteroatoms. The number of ether oxygens (including phenoxy) is 4. The second kappa shape index (κ2) is 7.45. The first kappa shape index (κ1) is 19.3. The molecule has 1 fully saturated rings. The van der Waals surface area contributed by atoms with Gasteiger partial charge in [-0.1, -0.05) is 18.2 Å². The Hall–Kier alpha value is -2.06. The number of hydrogen-bond donors (Lipinski definition) is 0. The highest BCUT2D eigenvalue weighted by atomic mass is 19.3. The van der Waals surface area contributed by atoms with Crippen LogP contribution in [-0.2, 0) is 23.7 Å². The van der Waals surface area contributed by atoms with Crippen LogP contribution in [0.15, 0.2) is 30.3 Å². The molecule has 1 aliphatic rings. The van der Waals surface area contributed by atoms with E-state index >= 15 is 0 Å².